The largest absolute Gasteiger partial charge is 0.396 e. The van der Waals surface area contributed by atoms with E-state index in [-0.39, 0.29) is 0 Å². The minimum atomic E-state index is 0.311. The van der Waals surface area contributed by atoms with Crippen LogP contribution in [-0.4, -0.2) is 28.2 Å². The summed E-state index contributed by atoms with van der Waals surface area (Å²) in [6.07, 6.45) is 8.29. The number of rotatable bonds is 6. The van der Waals surface area contributed by atoms with E-state index in [1.807, 2.05) is 6.20 Å². The average molecular weight is 209 g/mol. The molecule has 1 aromatic rings. The SMILES string of the molecule is OCCC1(CNCc2cnc[nH]2)CCC1. The van der Waals surface area contributed by atoms with Gasteiger partial charge in [0.2, 0.25) is 0 Å². The maximum absolute atomic E-state index is 9.01. The standard InChI is InChI=1S/C11H19N3O/c15-5-4-11(2-1-3-11)8-12-6-10-7-13-9-14-10/h7,9,12,15H,1-6,8H2,(H,13,14). The predicted octanol–water partition coefficient (Wildman–Crippen LogP) is 1.05. The normalized spacial score (nSPS) is 18.7. The van der Waals surface area contributed by atoms with Crippen molar-refractivity contribution in [2.45, 2.75) is 32.2 Å². The van der Waals surface area contributed by atoms with Gasteiger partial charge in [-0.05, 0) is 24.7 Å². The molecule has 4 nitrogen and oxygen atoms in total. The molecule has 84 valence electrons. The van der Waals surface area contributed by atoms with E-state index < -0.39 is 0 Å². The molecular weight excluding hydrogens is 190 g/mol. The zero-order valence-electron chi connectivity index (χ0n) is 9.00. The Hall–Kier alpha value is -0.870. The minimum Gasteiger partial charge on any atom is -0.396 e. The number of aromatic nitrogens is 2. The van der Waals surface area contributed by atoms with Crippen LogP contribution in [0, 0.1) is 5.41 Å². The zero-order valence-corrected chi connectivity index (χ0v) is 9.00. The summed E-state index contributed by atoms with van der Waals surface area (Å²) in [5, 5.41) is 12.4. The molecule has 0 aromatic carbocycles. The van der Waals surface area contributed by atoms with Gasteiger partial charge in [0.15, 0.2) is 0 Å². The summed E-state index contributed by atoms with van der Waals surface area (Å²) >= 11 is 0. The van der Waals surface area contributed by atoms with Gasteiger partial charge in [0.1, 0.15) is 0 Å². The van der Waals surface area contributed by atoms with E-state index in [0.29, 0.717) is 12.0 Å². The van der Waals surface area contributed by atoms with E-state index in [0.717, 1.165) is 25.2 Å². The van der Waals surface area contributed by atoms with Gasteiger partial charge in [-0.1, -0.05) is 6.42 Å². The highest BCUT2D eigenvalue weighted by Gasteiger charge is 2.35. The Balaban J connectivity index is 1.72. The van der Waals surface area contributed by atoms with Crippen molar-refractivity contribution < 1.29 is 5.11 Å². The Morgan fingerprint density at radius 3 is 2.93 bits per heavy atom. The van der Waals surface area contributed by atoms with E-state index >= 15 is 0 Å². The molecule has 4 heteroatoms. The van der Waals surface area contributed by atoms with Gasteiger partial charge in [-0.25, -0.2) is 4.98 Å². The second-order valence-corrected chi connectivity index (χ2v) is 4.51. The molecule has 1 fully saturated rings. The lowest BCUT2D eigenvalue weighted by Crippen LogP contribution is -2.40. The van der Waals surface area contributed by atoms with Crippen LogP contribution in [0.4, 0.5) is 0 Å². The van der Waals surface area contributed by atoms with Crippen molar-refractivity contribution in [3.63, 3.8) is 0 Å². The highest BCUT2D eigenvalue weighted by atomic mass is 16.3. The summed E-state index contributed by atoms with van der Waals surface area (Å²) in [5.74, 6) is 0. The molecule has 0 bridgehead atoms. The van der Waals surface area contributed by atoms with Crippen LogP contribution in [0.1, 0.15) is 31.4 Å². The molecule has 0 spiro atoms. The van der Waals surface area contributed by atoms with Crippen LogP contribution in [0.5, 0.6) is 0 Å². The van der Waals surface area contributed by atoms with Gasteiger partial charge in [-0.2, -0.15) is 0 Å². The second kappa shape index (κ2) is 4.77. The first-order chi connectivity index (χ1) is 7.35. The van der Waals surface area contributed by atoms with Crippen molar-refractivity contribution in [3.05, 3.63) is 18.2 Å². The first-order valence-corrected chi connectivity index (χ1v) is 5.63. The lowest BCUT2D eigenvalue weighted by atomic mass is 9.67. The average Bonchev–Trinajstić information content (AvgIpc) is 2.67. The van der Waals surface area contributed by atoms with Crippen molar-refractivity contribution in [1.82, 2.24) is 15.3 Å². The first-order valence-electron chi connectivity index (χ1n) is 5.63. The Morgan fingerprint density at radius 2 is 2.40 bits per heavy atom. The number of aliphatic hydroxyl groups excluding tert-OH is 1. The number of imidazole rings is 1. The highest BCUT2D eigenvalue weighted by molar-refractivity contribution is 4.95. The van der Waals surface area contributed by atoms with Crippen molar-refractivity contribution in [2.75, 3.05) is 13.2 Å². The fourth-order valence-electron chi connectivity index (χ4n) is 2.27. The van der Waals surface area contributed by atoms with E-state index in [2.05, 4.69) is 15.3 Å². The highest BCUT2D eigenvalue weighted by Crippen LogP contribution is 2.43. The van der Waals surface area contributed by atoms with Crippen molar-refractivity contribution >= 4 is 0 Å². The number of H-pyrrole nitrogens is 1. The summed E-state index contributed by atoms with van der Waals surface area (Å²) in [6, 6.07) is 0. The molecule has 1 aliphatic rings. The number of hydrogen-bond acceptors (Lipinski definition) is 3. The van der Waals surface area contributed by atoms with Gasteiger partial charge in [0.25, 0.3) is 0 Å². The molecule has 0 aliphatic heterocycles. The van der Waals surface area contributed by atoms with Crippen LogP contribution in [-0.2, 0) is 6.54 Å². The maximum Gasteiger partial charge on any atom is 0.0922 e. The molecule has 1 aromatic heterocycles. The zero-order chi connectivity index (χ0) is 10.6. The quantitative estimate of drug-likeness (QED) is 0.656. The van der Waals surface area contributed by atoms with Gasteiger partial charge in [-0.3, -0.25) is 0 Å². The third-order valence-electron chi connectivity index (χ3n) is 3.43. The molecule has 1 aliphatic carbocycles. The fraction of sp³-hybridized carbons (Fsp3) is 0.727. The second-order valence-electron chi connectivity index (χ2n) is 4.51. The molecule has 0 amide bonds. The number of nitrogens with zero attached hydrogens (tertiary/aromatic N) is 1. The van der Waals surface area contributed by atoms with Crippen LogP contribution in [0.25, 0.3) is 0 Å². The Bertz CT molecular complexity index is 280. The van der Waals surface area contributed by atoms with E-state index in [4.69, 9.17) is 5.11 Å². The van der Waals surface area contributed by atoms with Gasteiger partial charge < -0.3 is 15.4 Å². The molecule has 0 unspecified atom stereocenters. The summed E-state index contributed by atoms with van der Waals surface area (Å²) in [7, 11) is 0. The van der Waals surface area contributed by atoms with Crippen LogP contribution >= 0.6 is 0 Å². The lowest BCUT2D eigenvalue weighted by molar-refractivity contribution is 0.0858. The number of hydrogen-bond donors (Lipinski definition) is 3. The summed E-state index contributed by atoms with van der Waals surface area (Å²) in [6.45, 7) is 2.16. The van der Waals surface area contributed by atoms with Gasteiger partial charge >= 0.3 is 0 Å². The Morgan fingerprint density at radius 1 is 1.53 bits per heavy atom. The smallest absolute Gasteiger partial charge is 0.0922 e. The third kappa shape index (κ3) is 2.58. The molecule has 0 atom stereocenters. The molecule has 15 heavy (non-hydrogen) atoms. The minimum absolute atomic E-state index is 0.311. The van der Waals surface area contributed by atoms with E-state index in [1.54, 1.807) is 6.33 Å². The van der Waals surface area contributed by atoms with Crippen LogP contribution < -0.4 is 5.32 Å². The Kier molecular flexibility index (Phi) is 3.38. The number of aliphatic hydroxyl groups is 1. The first kappa shape index (κ1) is 10.6. The third-order valence-corrected chi connectivity index (χ3v) is 3.43. The van der Waals surface area contributed by atoms with Crippen molar-refractivity contribution in [3.8, 4) is 0 Å². The fourth-order valence-corrected chi connectivity index (χ4v) is 2.27. The van der Waals surface area contributed by atoms with Crippen molar-refractivity contribution in [1.29, 1.82) is 0 Å². The number of aromatic amines is 1. The topological polar surface area (TPSA) is 60.9 Å². The molecule has 0 saturated heterocycles. The molecule has 0 radical (unpaired) electrons. The van der Waals surface area contributed by atoms with Gasteiger partial charge in [0.05, 0.1) is 6.33 Å². The monoisotopic (exact) mass is 209 g/mol. The predicted molar refractivity (Wildman–Crippen MR) is 58.3 cm³/mol. The van der Waals surface area contributed by atoms with Crippen molar-refractivity contribution in [2.24, 2.45) is 5.41 Å². The molecule has 1 heterocycles. The summed E-state index contributed by atoms with van der Waals surface area (Å²) < 4.78 is 0. The molecular formula is C11H19N3O. The van der Waals surface area contributed by atoms with Crippen LogP contribution in [0.15, 0.2) is 12.5 Å². The van der Waals surface area contributed by atoms with Gasteiger partial charge in [-0.15, -0.1) is 0 Å². The van der Waals surface area contributed by atoms with E-state index in [9.17, 15) is 0 Å². The lowest BCUT2D eigenvalue weighted by Gasteiger charge is -2.42. The molecule has 1 saturated carbocycles. The maximum atomic E-state index is 9.01. The molecule has 2 rings (SSSR count). The Labute approximate surface area is 90.1 Å². The van der Waals surface area contributed by atoms with Crippen LogP contribution in [0.3, 0.4) is 0 Å². The summed E-state index contributed by atoms with van der Waals surface area (Å²) in [5.41, 5.74) is 1.49. The van der Waals surface area contributed by atoms with Crippen LogP contribution in [0.2, 0.25) is 0 Å². The van der Waals surface area contributed by atoms with Gasteiger partial charge in [0, 0.05) is 31.6 Å². The number of nitrogens with one attached hydrogen (secondary N) is 2. The summed E-state index contributed by atoms with van der Waals surface area (Å²) in [4.78, 5) is 7.04. The molecule has 3 N–H and O–H groups in total. The van der Waals surface area contributed by atoms with E-state index in [1.165, 1.54) is 19.3 Å².